The molecule has 1 aliphatic carbocycles. The molecule has 1 aliphatic rings. The Kier molecular flexibility index (Phi) is 4.16. The predicted octanol–water partition coefficient (Wildman–Crippen LogP) is 4.58. The van der Waals surface area contributed by atoms with Crippen LogP contribution in [0.2, 0.25) is 5.02 Å². The van der Waals surface area contributed by atoms with Gasteiger partial charge in [-0.15, -0.1) is 11.3 Å². The van der Waals surface area contributed by atoms with E-state index < -0.39 is 0 Å². The van der Waals surface area contributed by atoms with E-state index in [2.05, 4.69) is 16.0 Å². The van der Waals surface area contributed by atoms with Crippen molar-refractivity contribution in [3.63, 3.8) is 0 Å². The van der Waals surface area contributed by atoms with E-state index in [1.54, 1.807) is 29.5 Å². The van der Waals surface area contributed by atoms with Crippen molar-refractivity contribution < 1.29 is 0 Å². The summed E-state index contributed by atoms with van der Waals surface area (Å²) in [6.45, 7) is 0. The number of aromatic nitrogens is 2. The smallest absolute Gasteiger partial charge is 0.260 e. The number of fused-ring (bicyclic) bond motifs is 3. The van der Waals surface area contributed by atoms with Gasteiger partial charge in [0.15, 0.2) is 5.82 Å². The van der Waals surface area contributed by atoms with Crippen molar-refractivity contribution in [1.29, 1.82) is 5.26 Å². The fraction of sp³-hybridized carbons (Fsp3) is 0.211. The minimum Gasteiger partial charge on any atom is -0.305 e. The summed E-state index contributed by atoms with van der Waals surface area (Å²) >= 11 is 7.47. The number of aryl methyl sites for hydroxylation is 2. The SMILES string of the molecule is N#C/C(=C\c1ccc(Cl)cc1)c1nc2sc3c(c2c(=O)[nH]1)CCCC3. The highest BCUT2D eigenvalue weighted by Crippen LogP contribution is 2.33. The summed E-state index contributed by atoms with van der Waals surface area (Å²) in [6, 6.07) is 9.29. The summed E-state index contributed by atoms with van der Waals surface area (Å²) in [5.74, 6) is 0.313. The Bertz CT molecular complexity index is 1090. The number of hydrogen-bond donors (Lipinski definition) is 1. The van der Waals surface area contributed by atoms with Crippen LogP contribution in [0.1, 0.15) is 34.7 Å². The number of nitriles is 1. The molecular weight excluding hydrogens is 354 g/mol. The molecule has 6 heteroatoms. The van der Waals surface area contributed by atoms with Crippen molar-refractivity contribution in [2.45, 2.75) is 25.7 Å². The van der Waals surface area contributed by atoms with E-state index in [9.17, 15) is 10.1 Å². The monoisotopic (exact) mass is 367 g/mol. The highest BCUT2D eigenvalue weighted by Gasteiger charge is 2.20. The van der Waals surface area contributed by atoms with Gasteiger partial charge in [0.1, 0.15) is 10.9 Å². The van der Waals surface area contributed by atoms with Gasteiger partial charge in [0, 0.05) is 9.90 Å². The highest BCUT2D eigenvalue weighted by atomic mass is 35.5. The van der Waals surface area contributed by atoms with Crippen LogP contribution in [0.25, 0.3) is 21.9 Å². The largest absolute Gasteiger partial charge is 0.305 e. The van der Waals surface area contributed by atoms with Crippen LogP contribution in [0.4, 0.5) is 0 Å². The van der Waals surface area contributed by atoms with Crippen molar-refractivity contribution in [1.82, 2.24) is 9.97 Å². The number of nitrogens with zero attached hydrogens (tertiary/aromatic N) is 2. The highest BCUT2D eigenvalue weighted by molar-refractivity contribution is 7.18. The van der Waals surface area contributed by atoms with Gasteiger partial charge in [-0.05, 0) is 55.0 Å². The third kappa shape index (κ3) is 2.99. The molecule has 0 fully saturated rings. The zero-order valence-corrected chi connectivity index (χ0v) is 14.9. The molecule has 124 valence electrons. The number of halogens is 1. The lowest BCUT2D eigenvalue weighted by Crippen LogP contribution is -2.12. The number of nitrogens with one attached hydrogen (secondary N) is 1. The second kappa shape index (κ2) is 6.47. The first-order valence-electron chi connectivity index (χ1n) is 8.08. The molecule has 4 rings (SSSR count). The van der Waals surface area contributed by atoms with Crippen molar-refractivity contribution >= 4 is 44.8 Å². The second-order valence-corrected chi connectivity index (χ2v) is 7.55. The molecule has 0 atom stereocenters. The van der Waals surface area contributed by atoms with Crippen LogP contribution in [0.5, 0.6) is 0 Å². The van der Waals surface area contributed by atoms with Crippen molar-refractivity contribution in [2.24, 2.45) is 0 Å². The maximum absolute atomic E-state index is 12.6. The van der Waals surface area contributed by atoms with Gasteiger partial charge in [0.2, 0.25) is 0 Å². The van der Waals surface area contributed by atoms with Gasteiger partial charge in [0.05, 0.1) is 11.0 Å². The quantitative estimate of drug-likeness (QED) is 0.674. The summed E-state index contributed by atoms with van der Waals surface area (Å²) in [5, 5.41) is 10.9. The molecule has 2 heterocycles. The first-order valence-corrected chi connectivity index (χ1v) is 9.27. The van der Waals surface area contributed by atoms with Crippen LogP contribution in [-0.2, 0) is 12.8 Å². The molecule has 1 aromatic carbocycles. The molecule has 1 N–H and O–H groups in total. The molecule has 3 aromatic rings. The molecule has 0 saturated carbocycles. The van der Waals surface area contributed by atoms with E-state index in [1.807, 2.05) is 12.1 Å². The third-order valence-electron chi connectivity index (χ3n) is 4.38. The van der Waals surface area contributed by atoms with E-state index in [1.165, 1.54) is 4.88 Å². The first-order chi connectivity index (χ1) is 12.2. The molecular formula is C19H14ClN3OS. The van der Waals surface area contributed by atoms with Crippen LogP contribution in [0, 0.1) is 11.3 Å². The van der Waals surface area contributed by atoms with Crippen molar-refractivity contribution in [3.05, 3.63) is 61.5 Å². The fourth-order valence-corrected chi connectivity index (χ4v) is 4.56. The van der Waals surface area contributed by atoms with Crippen LogP contribution in [0.15, 0.2) is 29.1 Å². The average molecular weight is 368 g/mol. The van der Waals surface area contributed by atoms with E-state index >= 15 is 0 Å². The summed E-state index contributed by atoms with van der Waals surface area (Å²) < 4.78 is 0. The summed E-state index contributed by atoms with van der Waals surface area (Å²) in [5.41, 5.74) is 2.14. The molecule has 0 amide bonds. The maximum atomic E-state index is 12.6. The molecule has 0 unspecified atom stereocenters. The minimum atomic E-state index is -0.156. The molecule has 0 aliphatic heterocycles. The van der Waals surface area contributed by atoms with Crippen LogP contribution < -0.4 is 5.56 Å². The lowest BCUT2D eigenvalue weighted by Gasteiger charge is -2.09. The van der Waals surface area contributed by atoms with Gasteiger partial charge < -0.3 is 4.98 Å². The number of benzene rings is 1. The second-order valence-electron chi connectivity index (χ2n) is 6.03. The number of thiophene rings is 1. The number of rotatable bonds is 2. The minimum absolute atomic E-state index is 0.156. The Morgan fingerprint density at radius 3 is 2.80 bits per heavy atom. The number of H-pyrrole nitrogens is 1. The van der Waals surface area contributed by atoms with Gasteiger partial charge in [-0.25, -0.2) is 4.98 Å². The molecule has 0 radical (unpaired) electrons. The Morgan fingerprint density at radius 1 is 1.28 bits per heavy atom. The molecule has 4 nitrogen and oxygen atoms in total. The van der Waals surface area contributed by atoms with Gasteiger partial charge in [-0.2, -0.15) is 5.26 Å². The standard InChI is InChI=1S/C19H14ClN3OS/c20-13-7-5-11(6-8-13)9-12(10-21)17-22-18(24)16-14-3-1-2-4-15(14)25-19(16)23-17/h5-9H,1-4H2,(H,22,23,24)/b12-9+. The normalized spacial score (nSPS) is 14.3. The molecule has 0 bridgehead atoms. The predicted molar refractivity (Wildman–Crippen MR) is 102 cm³/mol. The Balaban J connectivity index is 1.84. The van der Waals surface area contributed by atoms with E-state index in [0.717, 1.165) is 41.6 Å². The van der Waals surface area contributed by atoms with Crippen LogP contribution in [-0.4, -0.2) is 9.97 Å². The summed E-state index contributed by atoms with van der Waals surface area (Å²) in [7, 11) is 0. The van der Waals surface area contributed by atoms with E-state index in [0.29, 0.717) is 21.8 Å². The molecule has 25 heavy (non-hydrogen) atoms. The molecule has 0 spiro atoms. The lowest BCUT2D eigenvalue weighted by molar-refractivity contribution is 0.700. The number of allylic oxidation sites excluding steroid dienone is 1. The van der Waals surface area contributed by atoms with Crippen LogP contribution >= 0.6 is 22.9 Å². The third-order valence-corrected chi connectivity index (χ3v) is 5.82. The van der Waals surface area contributed by atoms with Crippen LogP contribution in [0.3, 0.4) is 0 Å². The van der Waals surface area contributed by atoms with Gasteiger partial charge in [-0.3, -0.25) is 4.79 Å². The Labute approximate surface area is 153 Å². The topological polar surface area (TPSA) is 69.5 Å². The Morgan fingerprint density at radius 2 is 2.04 bits per heavy atom. The lowest BCUT2D eigenvalue weighted by atomic mass is 9.97. The zero-order valence-electron chi connectivity index (χ0n) is 13.3. The van der Waals surface area contributed by atoms with Gasteiger partial charge in [0.25, 0.3) is 5.56 Å². The van der Waals surface area contributed by atoms with Gasteiger partial charge in [-0.1, -0.05) is 23.7 Å². The maximum Gasteiger partial charge on any atom is 0.260 e. The van der Waals surface area contributed by atoms with Crippen molar-refractivity contribution in [3.8, 4) is 6.07 Å². The van der Waals surface area contributed by atoms with E-state index in [4.69, 9.17) is 11.6 Å². The number of aromatic amines is 1. The molecule has 2 aromatic heterocycles. The van der Waals surface area contributed by atoms with Crippen molar-refractivity contribution in [2.75, 3.05) is 0 Å². The van der Waals surface area contributed by atoms with E-state index in [-0.39, 0.29) is 5.56 Å². The molecule has 0 saturated heterocycles. The Hall–Kier alpha value is -2.42. The zero-order chi connectivity index (χ0) is 17.4. The van der Waals surface area contributed by atoms with Gasteiger partial charge >= 0.3 is 0 Å². The summed E-state index contributed by atoms with van der Waals surface area (Å²) in [6.07, 6.45) is 5.92. The fourth-order valence-electron chi connectivity index (χ4n) is 3.17. The average Bonchev–Trinajstić information content (AvgIpc) is 3.00. The number of hydrogen-bond acceptors (Lipinski definition) is 4. The first kappa shape index (κ1) is 16.1. The summed E-state index contributed by atoms with van der Waals surface area (Å²) in [4.78, 5) is 22.0.